The normalized spacial score (nSPS) is 22.9. The van der Waals surface area contributed by atoms with Crippen molar-refractivity contribution in [3.8, 4) is 0 Å². The van der Waals surface area contributed by atoms with E-state index in [9.17, 15) is 4.79 Å². The van der Waals surface area contributed by atoms with Gasteiger partial charge in [-0.3, -0.25) is 9.69 Å². The first-order valence-corrected chi connectivity index (χ1v) is 10.3. The molecule has 0 aromatic carbocycles. The summed E-state index contributed by atoms with van der Waals surface area (Å²) in [5.41, 5.74) is 1.98. The maximum absolute atomic E-state index is 12.7. The number of nitrogens with zero attached hydrogens (tertiary/aromatic N) is 4. The van der Waals surface area contributed by atoms with E-state index in [4.69, 9.17) is 0 Å². The molecule has 6 nitrogen and oxygen atoms in total. The Morgan fingerprint density at radius 3 is 2.89 bits per heavy atom. The molecule has 2 aromatic heterocycles. The van der Waals surface area contributed by atoms with Gasteiger partial charge in [0.2, 0.25) is 5.91 Å². The maximum Gasteiger partial charge on any atom is 0.224 e. The highest BCUT2D eigenvalue weighted by Gasteiger charge is 2.30. The minimum atomic E-state index is 0.138. The lowest BCUT2D eigenvalue weighted by atomic mass is 9.93. The Kier molecular flexibility index (Phi) is 5.74. The number of imidazole rings is 1. The molecular formula is C21H31N5O. The Morgan fingerprint density at radius 1 is 1.22 bits per heavy atom. The van der Waals surface area contributed by atoms with Gasteiger partial charge in [0.05, 0.1) is 11.6 Å². The fourth-order valence-corrected chi connectivity index (χ4v) is 4.48. The number of carbonyl (C=O) groups is 1. The second kappa shape index (κ2) is 8.40. The van der Waals surface area contributed by atoms with Gasteiger partial charge in [0.1, 0.15) is 5.65 Å². The van der Waals surface area contributed by atoms with Crippen LogP contribution in [0.3, 0.4) is 0 Å². The molecule has 1 N–H and O–H groups in total. The average Bonchev–Trinajstić information content (AvgIpc) is 3.11. The van der Waals surface area contributed by atoms with E-state index < -0.39 is 0 Å². The second-order valence-electron chi connectivity index (χ2n) is 8.11. The van der Waals surface area contributed by atoms with Gasteiger partial charge in [0.25, 0.3) is 0 Å². The molecule has 2 aliphatic heterocycles. The summed E-state index contributed by atoms with van der Waals surface area (Å²) < 4.78 is 2.03. The van der Waals surface area contributed by atoms with Crippen molar-refractivity contribution in [1.82, 2.24) is 24.5 Å². The molecule has 1 amide bonds. The predicted molar refractivity (Wildman–Crippen MR) is 107 cm³/mol. The van der Waals surface area contributed by atoms with Crippen molar-refractivity contribution >= 4 is 11.6 Å². The van der Waals surface area contributed by atoms with E-state index in [1.165, 1.54) is 25.9 Å². The number of fused-ring (bicyclic) bond motifs is 1. The lowest BCUT2D eigenvalue weighted by molar-refractivity contribution is -0.127. The summed E-state index contributed by atoms with van der Waals surface area (Å²) in [7, 11) is 2.20. The van der Waals surface area contributed by atoms with Crippen molar-refractivity contribution in [2.75, 3.05) is 39.8 Å². The van der Waals surface area contributed by atoms with Gasteiger partial charge in [0.15, 0.2) is 0 Å². The number of nitrogens with one attached hydrogen (secondary N) is 1. The molecule has 0 saturated carbocycles. The molecule has 2 saturated heterocycles. The summed E-state index contributed by atoms with van der Waals surface area (Å²) in [6.07, 6.45) is 9.45. The SMILES string of the molecule is CN1CCC(N2CCCC(C(=O)NCCc3cn4ccccc4n3)C2)CC1. The fourth-order valence-electron chi connectivity index (χ4n) is 4.48. The smallest absolute Gasteiger partial charge is 0.224 e. The Bertz CT molecular complexity index is 732. The van der Waals surface area contributed by atoms with E-state index in [1.807, 2.05) is 35.0 Å². The molecule has 2 aromatic rings. The van der Waals surface area contributed by atoms with Crippen LogP contribution in [0.4, 0.5) is 0 Å². The zero-order valence-corrected chi connectivity index (χ0v) is 16.3. The van der Waals surface area contributed by atoms with Crippen molar-refractivity contribution in [3.63, 3.8) is 0 Å². The Labute approximate surface area is 161 Å². The van der Waals surface area contributed by atoms with Gasteiger partial charge in [-0.1, -0.05) is 6.07 Å². The Morgan fingerprint density at radius 2 is 2.07 bits per heavy atom. The van der Waals surface area contributed by atoms with E-state index in [-0.39, 0.29) is 11.8 Å². The number of likely N-dealkylation sites (tertiary alicyclic amines) is 2. The Balaban J connectivity index is 1.25. The molecule has 4 heterocycles. The number of rotatable bonds is 5. The number of hydrogen-bond donors (Lipinski definition) is 1. The largest absolute Gasteiger partial charge is 0.355 e. The van der Waals surface area contributed by atoms with Crippen LogP contribution in [0.1, 0.15) is 31.4 Å². The quantitative estimate of drug-likeness (QED) is 0.873. The van der Waals surface area contributed by atoms with Crippen LogP contribution in [0.5, 0.6) is 0 Å². The lowest BCUT2D eigenvalue weighted by Crippen LogP contribution is -2.50. The van der Waals surface area contributed by atoms with Gasteiger partial charge in [-0.25, -0.2) is 4.98 Å². The third-order valence-corrected chi connectivity index (χ3v) is 6.12. The highest BCUT2D eigenvalue weighted by Crippen LogP contribution is 2.23. The van der Waals surface area contributed by atoms with Gasteiger partial charge in [-0.05, 0) is 64.5 Å². The monoisotopic (exact) mass is 369 g/mol. The molecule has 2 fully saturated rings. The maximum atomic E-state index is 12.7. The van der Waals surface area contributed by atoms with Gasteiger partial charge in [-0.2, -0.15) is 0 Å². The van der Waals surface area contributed by atoms with Crippen LogP contribution in [-0.4, -0.2) is 70.9 Å². The first-order valence-electron chi connectivity index (χ1n) is 10.3. The number of carbonyl (C=O) groups excluding carboxylic acids is 1. The number of hydrogen-bond acceptors (Lipinski definition) is 4. The molecule has 1 unspecified atom stereocenters. The van der Waals surface area contributed by atoms with Crippen molar-refractivity contribution in [1.29, 1.82) is 0 Å². The lowest BCUT2D eigenvalue weighted by Gasteiger charge is -2.41. The van der Waals surface area contributed by atoms with E-state index in [0.29, 0.717) is 12.6 Å². The molecule has 6 heteroatoms. The summed E-state index contributed by atoms with van der Waals surface area (Å²) in [6, 6.07) is 6.66. The second-order valence-corrected chi connectivity index (χ2v) is 8.11. The number of piperidine rings is 2. The van der Waals surface area contributed by atoms with Crippen LogP contribution in [-0.2, 0) is 11.2 Å². The molecule has 0 spiro atoms. The van der Waals surface area contributed by atoms with E-state index in [2.05, 4.69) is 27.1 Å². The molecule has 4 rings (SSSR count). The van der Waals surface area contributed by atoms with Crippen molar-refractivity contribution in [3.05, 3.63) is 36.3 Å². The molecule has 2 aliphatic rings. The summed E-state index contributed by atoms with van der Waals surface area (Å²) in [6.45, 7) is 5.09. The molecule has 0 aliphatic carbocycles. The first kappa shape index (κ1) is 18.4. The van der Waals surface area contributed by atoms with Gasteiger partial charge >= 0.3 is 0 Å². The van der Waals surface area contributed by atoms with Crippen LogP contribution < -0.4 is 5.32 Å². The van der Waals surface area contributed by atoms with Crippen molar-refractivity contribution < 1.29 is 4.79 Å². The van der Waals surface area contributed by atoms with E-state index in [0.717, 1.165) is 43.7 Å². The average molecular weight is 370 g/mol. The van der Waals surface area contributed by atoms with Gasteiger partial charge < -0.3 is 14.6 Å². The molecule has 1 atom stereocenters. The zero-order valence-electron chi connectivity index (χ0n) is 16.3. The number of pyridine rings is 1. The third-order valence-electron chi connectivity index (χ3n) is 6.12. The van der Waals surface area contributed by atoms with Crippen LogP contribution in [0.15, 0.2) is 30.6 Å². The third kappa shape index (κ3) is 4.50. The van der Waals surface area contributed by atoms with Crippen LogP contribution in [0.25, 0.3) is 5.65 Å². The van der Waals surface area contributed by atoms with Gasteiger partial charge in [-0.15, -0.1) is 0 Å². The standard InChI is InChI=1S/C21H31N5O/c1-24-13-8-19(9-14-24)25-12-4-5-17(15-25)21(27)22-10-7-18-16-26-11-3-2-6-20(26)23-18/h2-3,6,11,16-17,19H,4-5,7-10,12-15H2,1H3,(H,22,27). The van der Waals surface area contributed by atoms with Crippen molar-refractivity contribution in [2.45, 2.75) is 38.1 Å². The zero-order chi connectivity index (χ0) is 18.6. The number of amides is 1. The highest BCUT2D eigenvalue weighted by atomic mass is 16.1. The van der Waals surface area contributed by atoms with Crippen LogP contribution in [0.2, 0.25) is 0 Å². The predicted octanol–water partition coefficient (Wildman–Crippen LogP) is 1.80. The highest BCUT2D eigenvalue weighted by molar-refractivity contribution is 5.79. The summed E-state index contributed by atoms with van der Waals surface area (Å²) in [4.78, 5) is 22.2. The van der Waals surface area contributed by atoms with E-state index in [1.54, 1.807) is 0 Å². The first-order chi connectivity index (χ1) is 13.2. The minimum absolute atomic E-state index is 0.138. The van der Waals surface area contributed by atoms with Crippen molar-refractivity contribution in [2.24, 2.45) is 5.92 Å². The molecule has 0 radical (unpaired) electrons. The summed E-state index contributed by atoms with van der Waals surface area (Å²) in [5.74, 6) is 0.357. The van der Waals surface area contributed by atoms with E-state index >= 15 is 0 Å². The summed E-state index contributed by atoms with van der Waals surface area (Å²) in [5, 5.41) is 3.15. The fraction of sp³-hybridized carbons (Fsp3) is 0.619. The van der Waals surface area contributed by atoms with Gasteiger partial charge in [0, 0.05) is 37.9 Å². The Hall–Kier alpha value is -1.92. The van der Waals surface area contributed by atoms with Crippen LogP contribution in [0, 0.1) is 5.92 Å². The van der Waals surface area contributed by atoms with Crippen LogP contribution >= 0.6 is 0 Å². The molecule has 0 bridgehead atoms. The summed E-state index contributed by atoms with van der Waals surface area (Å²) >= 11 is 0. The minimum Gasteiger partial charge on any atom is -0.355 e. The molecular weight excluding hydrogens is 338 g/mol. The molecule has 27 heavy (non-hydrogen) atoms. The number of aromatic nitrogens is 2. The molecule has 146 valence electrons. The topological polar surface area (TPSA) is 52.9 Å².